The molecule has 0 aliphatic carbocycles. The number of amides is 1. The smallest absolute Gasteiger partial charge is 0.258 e. The van der Waals surface area contributed by atoms with Crippen LogP contribution in [0.1, 0.15) is 24.2 Å². The molecule has 5 rings (SSSR count). The van der Waals surface area contributed by atoms with E-state index in [0.717, 1.165) is 16.8 Å². The lowest BCUT2D eigenvalue weighted by molar-refractivity contribution is -0.127. The molecule has 4 atom stereocenters. The average molecular weight is 444 g/mol. The quantitative estimate of drug-likeness (QED) is 0.615. The van der Waals surface area contributed by atoms with Gasteiger partial charge in [-0.25, -0.2) is 0 Å². The Balaban J connectivity index is 1.59. The number of nitrogens with one attached hydrogen (secondary N) is 1. The first-order valence-electron chi connectivity index (χ1n) is 11.6. The van der Waals surface area contributed by atoms with Crippen LogP contribution in [0, 0.1) is 11.8 Å². The van der Waals surface area contributed by atoms with Crippen LogP contribution in [-0.2, 0) is 17.9 Å². The van der Waals surface area contributed by atoms with Crippen molar-refractivity contribution in [2.75, 3.05) is 13.2 Å². The molecule has 1 fully saturated rings. The number of pyridine rings is 1. The molecule has 0 bridgehead atoms. The topological polar surface area (TPSA) is 74.6 Å². The number of fused-ring (bicyclic) bond motifs is 3. The second-order valence-corrected chi connectivity index (χ2v) is 8.91. The van der Waals surface area contributed by atoms with Crippen LogP contribution in [0.25, 0.3) is 11.1 Å². The van der Waals surface area contributed by atoms with Gasteiger partial charge < -0.3 is 15.0 Å². The zero-order valence-electron chi connectivity index (χ0n) is 18.7. The van der Waals surface area contributed by atoms with Gasteiger partial charge >= 0.3 is 0 Å². The van der Waals surface area contributed by atoms with Crippen LogP contribution in [0.4, 0.5) is 0 Å². The van der Waals surface area contributed by atoms with E-state index in [1.165, 1.54) is 0 Å². The fraction of sp³-hybridized carbons (Fsp3) is 0.333. The van der Waals surface area contributed by atoms with Gasteiger partial charge in [0, 0.05) is 49.3 Å². The fourth-order valence-electron chi connectivity index (χ4n) is 5.70. The molecule has 0 unspecified atom stereocenters. The predicted octanol–water partition coefficient (Wildman–Crippen LogP) is 2.82. The average Bonchev–Trinajstić information content (AvgIpc) is 3.36. The van der Waals surface area contributed by atoms with E-state index in [1.54, 1.807) is 0 Å². The van der Waals surface area contributed by atoms with Gasteiger partial charge in [0.2, 0.25) is 5.91 Å². The lowest BCUT2D eigenvalue weighted by Gasteiger charge is -2.30. The minimum Gasteiger partial charge on any atom is -0.396 e. The molecule has 1 saturated heterocycles. The second kappa shape index (κ2) is 8.96. The molecule has 2 N–H and O–H groups in total. The second-order valence-electron chi connectivity index (χ2n) is 8.91. The van der Waals surface area contributed by atoms with Crippen LogP contribution in [-0.4, -0.2) is 39.7 Å². The number of hydrogen-bond acceptors (Lipinski definition) is 4. The van der Waals surface area contributed by atoms with E-state index in [4.69, 9.17) is 0 Å². The molecule has 6 heteroatoms. The maximum absolute atomic E-state index is 13.5. The molecule has 6 nitrogen and oxygen atoms in total. The molecule has 0 radical (unpaired) electrons. The monoisotopic (exact) mass is 443 g/mol. The van der Waals surface area contributed by atoms with Crippen molar-refractivity contribution in [1.82, 2.24) is 14.8 Å². The minimum atomic E-state index is -0.442. The van der Waals surface area contributed by atoms with E-state index >= 15 is 0 Å². The molecule has 3 aromatic rings. The molecule has 2 aliphatic rings. The molecule has 1 aromatic heterocycles. The van der Waals surface area contributed by atoms with Gasteiger partial charge in [-0.1, -0.05) is 60.7 Å². The van der Waals surface area contributed by atoms with Crippen molar-refractivity contribution < 1.29 is 9.90 Å². The normalized spacial score (nSPS) is 23.8. The van der Waals surface area contributed by atoms with Crippen LogP contribution in [0.3, 0.4) is 0 Å². The highest BCUT2D eigenvalue weighted by Crippen LogP contribution is 2.49. The van der Waals surface area contributed by atoms with Crippen LogP contribution < -0.4 is 10.9 Å². The Morgan fingerprint density at radius 3 is 2.39 bits per heavy atom. The number of likely N-dealkylation sites (N-methyl/N-ethyl adjacent to an activating group) is 1. The minimum absolute atomic E-state index is 0.00922. The Morgan fingerprint density at radius 1 is 1.03 bits per heavy atom. The van der Waals surface area contributed by atoms with Crippen molar-refractivity contribution in [3.05, 3.63) is 94.4 Å². The number of aromatic nitrogens is 1. The number of likely N-dealkylation sites (tertiary alicyclic amines) is 1. The summed E-state index contributed by atoms with van der Waals surface area (Å²) in [5.74, 6) is -0.313. The number of aliphatic hydroxyl groups excluding tert-OH is 1. The number of rotatable bonds is 6. The summed E-state index contributed by atoms with van der Waals surface area (Å²) in [6, 6.07) is 23.1. The van der Waals surface area contributed by atoms with Gasteiger partial charge in [0.25, 0.3) is 5.56 Å². The molecular formula is C27H29N3O3. The zero-order chi connectivity index (χ0) is 22.9. The van der Waals surface area contributed by atoms with Crippen LogP contribution in [0.5, 0.6) is 0 Å². The number of carbonyl (C=O) groups is 1. The highest BCUT2D eigenvalue weighted by atomic mass is 16.3. The molecule has 0 spiro atoms. The van der Waals surface area contributed by atoms with Gasteiger partial charge in [-0.05, 0) is 30.2 Å². The summed E-state index contributed by atoms with van der Waals surface area (Å²) in [4.78, 5) is 28.8. The molecule has 33 heavy (non-hydrogen) atoms. The zero-order valence-corrected chi connectivity index (χ0v) is 18.7. The van der Waals surface area contributed by atoms with Crippen molar-refractivity contribution in [1.29, 1.82) is 0 Å². The first-order valence-corrected chi connectivity index (χ1v) is 11.6. The maximum Gasteiger partial charge on any atom is 0.258 e. The van der Waals surface area contributed by atoms with Crippen molar-refractivity contribution in [3.63, 3.8) is 0 Å². The molecular weight excluding hydrogens is 414 g/mol. The third-order valence-electron chi connectivity index (χ3n) is 7.10. The Hall–Kier alpha value is -3.22. The van der Waals surface area contributed by atoms with Gasteiger partial charge in [-0.2, -0.15) is 0 Å². The van der Waals surface area contributed by atoms with Gasteiger partial charge in [0.15, 0.2) is 0 Å². The SMILES string of the molecule is CCNC(=O)[C@H]1[C@H](CO)[C@H]2Cn3c(ccc(-c4ccccc4)c3=O)[C@H]2N1Cc1ccccc1. The van der Waals surface area contributed by atoms with Crippen molar-refractivity contribution in [3.8, 4) is 11.1 Å². The molecule has 3 heterocycles. The van der Waals surface area contributed by atoms with Crippen molar-refractivity contribution in [2.45, 2.75) is 32.1 Å². The highest BCUT2D eigenvalue weighted by Gasteiger charge is 2.55. The Labute approximate surface area is 193 Å². The summed E-state index contributed by atoms with van der Waals surface area (Å²) >= 11 is 0. The predicted molar refractivity (Wildman–Crippen MR) is 127 cm³/mol. The molecule has 2 aromatic carbocycles. The van der Waals surface area contributed by atoms with Crippen LogP contribution in [0.15, 0.2) is 77.6 Å². The van der Waals surface area contributed by atoms with Gasteiger partial charge in [0.1, 0.15) is 0 Å². The van der Waals surface area contributed by atoms with Crippen LogP contribution in [0.2, 0.25) is 0 Å². The Bertz CT molecular complexity index is 1190. The number of benzene rings is 2. The Kier molecular flexibility index (Phi) is 5.87. The van der Waals surface area contributed by atoms with Crippen molar-refractivity contribution >= 4 is 5.91 Å². The lowest BCUT2D eigenvalue weighted by Crippen LogP contribution is -2.48. The summed E-state index contributed by atoms with van der Waals surface area (Å²) in [5, 5.41) is 13.3. The van der Waals surface area contributed by atoms with Crippen LogP contribution >= 0.6 is 0 Å². The number of hydrogen-bond donors (Lipinski definition) is 2. The molecule has 0 saturated carbocycles. The van der Waals surface area contributed by atoms with E-state index in [1.807, 2.05) is 72.2 Å². The summed E-state index contributed by atoms with van der Waals surface area (Å²) in [6.07, 6.45) is 0. The molecule has 170 valence electrons. The van der Waals surface area contributed by atoms with E-state index < -0.39 is 6.04 Å². The number of aliphatic hydroxyl groups is 1. The van der Waals surface area contributed by atoms with Gasteiger partial charge in [-0.3, -0.25) is 14.5 Å². The van der Waals surface area contributed by atoms with Gasteiger partial charge in [0.05, 0.1) is 12.1 Å². The fourth-order valence-corrected chi connectivity index (χ4v) is 5.70. The third-order valence-corrected chi connectivity index (χ3v) is 7.10. The number of carbonyl (C=O) groups excluding carboxylic acids is 1. The third kappa shape index (κ3) is 3.69. The summed E-state index contributed by atoms with van der Waals surface area (Å²) in [5.41, 5.74) is 3.58. The first-order chi connectivity index (χ1) is 16.1. The first kappa shape index (κ1) is 21.6. The summed E-state index contributed by atoms with van der Waals surface area (Å²) in [7, 11) is 0. The van der Waals surface area contributed by atoms with E-state index in [9.17, 15) is 14.7 Å². The lowest BCUT2D eigenvalue weighted by atomic mass is 9.88. The maximum atomic E-state index is 13.5. The number of nitrogens with zero attached hydrogens (tertiary/aromatic N) is 2. The van der Waals surface area contributed by atoms with Gasteiger partial charge in [-0.15, -0.1) is 0 Å². The highest BCUT2D eigenvalue weighted by molar-refractivity contribution is 5.82. The molecule has 1 amide bonds. The van der Waals surface area contributed by atoms with E-state index in [2.05, 4.69) is 22.3 Å². The van der Waals surface area contributed by atoms with Crippen molar-refractivity contribution in [2.24, 2.45) is 11.8 Å². The summed E-state index contributed by atoms with van der Waals surface area (Å²) < 4.78 is 1.85. The molecule has 2 aliphatic heterocycles. The Morgan fingerprint density at radius 2 is 1.73 bits per heavy atom. The standard InChI is InChI=1S/C27H29N3O3/c1-2-28-26(32)25-22(17-31)21-16-29-23(24(21)30(25)15-18-9-5-3-6-10-18)14-13-20(27(29)33)19-11-7-4-8-12-19/h3-14,21-22,24-25,31H,2,15-17H2,1H3,(H,28,32)/t21-,22-,24+,25-/m1/s1. The summed E-state index contributed by atoms with van der Waals surface area (Å²) in [6.45, 7) is 3.44. The largest absolute Gasteiger partial charge is 0.396 e. The van der Waals surface area contributed by atoms with E-state index in [0.29, 0.717) is 25.2 Å². The van der Waals surface area contributed by atoms with E-state index in [-0.39, 0.29) is 36.0 Å².